The normalized spacial score (nSPS) is 11.3. The SMILES string of the molecule is OCc1cc(F)cc(CNCCCCOCCNc2cc(-n3cnnc3)cc3[nH]ncc23)c1. The van der Waals surface area contributed by atoms with E-state index >= 15 is 0 Å². The van der Waals surface area contributed by atoms with Gasteiger partial charge in [-0.15, -0.1) is 10.2 Å². The predicted molar refractivity (Wildman–Crippen MR) is 124 cm³/mol. The molecule has 0 saturated carbocycles. The average Bonchev–Trinajstić information content (AvgIpc) is 3.52. The van der Waals surface area contributed by atoms with Crippen molar-refractivity contribution in [3.63, 3.8) is 0 Å². The molecule has 4 aromatic rings. The molecule has 0 atom stereocenters. The smallest absolute Gasteiger partial charge is 0.123 e. The summed E-state index contributed by atoms with van der Waals surface area (Å²) < 4.78 is 21.1. The Bertz CT molecular complexity index is 1150. The molecule has 4 N–H and O–H groups in total. The largest absolute Gasteiger partial charge is 0.392 e. The molecule has 0 radical (unpaired) electrons. The minimum absolute atomic E-state index is 0.155. The van der Waals surface area contributed by atoms with Crippen LogP contribution in [0.15, 0.2) is 49.2 Å². The van der Waals surface area contributed by atoms with Gasteiger partial charge < -0.3 is 20.5 Å². The van der Waals surface area contributed by atoms with Crippen LogP contribution in [0.5, 0.6) is 0 Å². The molecule has 33 heavy (non-hydrogen) atoms. The number of halogens is 1. The zero-order valence-corrected chi connectivity index (χ0v) is 18.3. The van der Waals surface area contributed by atoms with Crippen molar-refractivity contribution in [2.75, 3.05) is 31.6 Å². The summed E-state index contributed by atoms with van der Waals surface area (Å²) in [7, 11) is 0. The number of aromatic amines is 1. The van der Waals surface area contributed by atoms with Crippen LogP contribution in [-0.4, -0.2) is 56.4 Å². The first-order valence-corrected chi connectivity index (χ1v) is 11.0. The lowest BCUT2D eigenvalue weighted by molar-refractivity contribution is 0.140. The van der Waals surface area contributed by atoms with Gasteiger partial charge in [-0.3, -0.25) is 9.67 Å². The zero-order chi connectivity index (χ0) is 22.9. The standard InChI is InChI=1S/C23H28FN7O2/c24-19-8-17(7-18(9-19)14-32)12-25-3-1-2-5-33-6-4-26-22-10-20(31-15-28-29-16-31)11-23-21(22)13-27-30-23/h7-11,13,15-16,25-26,32H,1-6,12,14H2,(H,27,30). The number of anilines is 1. The fourth-order valence-corrected chi connectivity index (χ4v) is 3.62. The van der Waals surface area contributed by atoms with E-state index in [2.05, 4.69) is 31.0 Å². The summed E-state index contributed by atoms with van der Waals surface area (Å²) in [6, 6.07) is 8.69. The Kier molecular flexibility index (Phi) is 7.96. The molecule has 0 fully saturated rings. The maximum atomic E-state index is 13.5. The van der Waals surface area contributed by atoms with Crippen molar-refractivity contribution in [1.82, 2.24) is 30.3 Å². The molecular formula is C23H28FN7O2. The predicted octanol–water partition coefficient (Wildman–Crippen LogP) is 2.77. The van der Waals surface area contributed by atoms with Crippen molar-refractivity contribution in [3.8, 4) is 5.69 Å². The Labute approximate surface area is 191 Å². The highest BCUT2D eigenvalue weighted by Gasteiger charge is 2.07. The van der Waals surface area contributed by atoms with Gasteiger partial charge in [0.2, 0.25) is 0 Å². The van der Waals surface area contributed by atoms with Gasteiger partial charge in [0.15, 0.2) is 0 Å². The quantitative estimate of drug-likeness (QED) is 0.230. The number of H-pyrrole nitrogens is 1. The third kappa shape index (κ3) is 6.35. The first-order valence-electron chi connectivity index (χ1n) is 11.0. The van der Waals surface area contributed by atoms with E-state index in [1.165, 1.54) is 12.1 Å². The van der Waals surface area contributed by atoms with Crippen LogP contribution in [0.1, 0.15) is 24.0 Å². The molecule has 0 saturated heterocycles. The number of hydrogen-bond acceptors (Lipinski definition) is 7. The molecular weight excluding hydrogens is 425 g/mol. The van der Waals surface area contributed by atoms with Gasteiger partial charge in [-0.2, -0.15) is 5.10 Å². The van der Waals surface area contributed by atoms with Crippen LogP contribution in [0, 0.1) is 5.82 Å². The van der Waals surface area contributed by atoms with Crippen molar-refractivity contribution in [2.45, 2.75) is 26.0 Å². The number of ether oxygens (including phenoxy) is 1. The lowest BCUT2D eigenvalue weighted by Crippen LogP contribution is -2.16. The summed E-state index contributed by atoms with van der Waals surface area (Å²) in [5, 5.41) is 31.8. The average molecular weight is 454 g/mol. The maximum absolute atomic E-state index is 13.5. The Morgan fingerprint density at radius 2 is 1.85 bits per heavy atom. The number of benzene rings is 2. The van der Waals surface area contributed by atoms with Crippen LogP contribution in [0.3, 0.4) is 0 Å². The number of nitrogens with one attached hydrogen (secondary N) is 3. The zero-order valence-electron chi connectivity index (χ0n) is 18.3. The Hall–Kier alpha value is -3.34. The van der Waals surface area contributed by atoms with Crippen molar-refractivity contribution >= 4 is 16.6 Å². The number of fused-ring (bicyclic) bond motifs is 1. The summed E-state index contributed by atoms with van der Waals surface area (Å²) in [6.07, 6.45) is 7.02. The summed E-state index contributed by atoms with van der Waals surface area (Å²) >= 11 is 0. The highest BCUT2D eigenvalue weighted by atomic mass is 19.1. The lowest BCUT2D eigenvalue weighted by Gasteiger charge is -2.11. The third-order valence-corrected chi connectivity index (χ3v) is 5.24. The van der Waals surface area contributed by atoms with Crippen LogP contribution in [-0.2, 0) is 17.9 Å². The van der Waals surface area contributed by atoms with E-state index in [0.717, 1.165) is 47.2 Å². The monoisotopic (exact) mass is 453 g/mol. The lowest BCUT2D eigenvalue weighted by atomic mass is 10.1. The van der Waals surface area contributed by atoms with Gasteiger partial charge in [-0.25, -0.2) is 4.39 Å². The fourth-order valence-electron chi connectivity index (χ4n) is 3.62. The van der Waals surface area contributed by atoms with Gasteiger partial charge in [-0.05, 0) is 54.8 Å². The molecule has 2 aromatic carbocycles. The molecule has 0 amide bonds. The van der Waals surface area contributed by atoms with E-state index < -0.39 is 0 Å². The number of aromatic nitrogens is 5. The Morgan fingerprint density at radius 3 is 2.70 bits per heavy atom. The highest BCUT2D eigenvalue weighted by molar-refractivity contribution is 5.93. The molecule has 2 aromatic heterocycles. The second kappa shape index (κ2) is 11.5. The van der Waals surface area contributed by atoms with Crippen molar-refractivity contribution in [2.24, 2.45) is 0 Å². The number of aliphatic hydroxyl groups excluding tert-OH is 1. The van der Waals surface area contributed by atoms with E-state index in [4.69, 9.17) is 9.84 Å². The second-order valence-corrected chi connectivity index (χ2v) is 7.74. The minimum atomic E-state index is -0.320. The summed E-state index contributed by atoms with van der Waals surface area (Å²) in [4.78, 5) is 0. The molecule has 0 bridgehead atoms. The number of hydrogen-bond donors (Lipinski definition) is 4. The van der Waals surface area contributed by atoms with E-state index in [1.807, 2.05) is 22.8 Å². The number of rotatable bonds is 13. The van der Waals surface area contributed by atoms with Gasteiger partial charge in [0, 0.05) is 30.8 Å². The van der Waals surface area contributed by atoms with Crippen LogP contribution < -0.4 is 10.6 Å². The minimum Gasteiger partial charge on any atom is -0.392 e. The fraction of sp³-hybridized carbons (Fsp3) is 0.348. The number of nitrogens with zero attached hydrogens (tertiary/aromatic N) is 4. The summed E-state index contributed by atoms with van der Waals surface area (Å²) in [6.45, 7) is 3.19. The number of aliphatic hydroxyl groups is 1. The molecule has 0 aliphatic heterocycles. The topological polar surface area (TPSA) is 113 Å². The van der Waals surface area contributed by atoms with E-state index in [-0.39, 0.29) is 12.4 Å². The first kappa shape index (κ1) is 22.8. The first-order chi connectivity index (χ1) is 16.2. The van der Waals surface area contributed by atoms with Gasteiger partial charge in [0.05, 0.1) is 30.6 Å². The van der Waals surface area contributed by atoms with Crippen molar-refractivity contribution in [1.29, 1.82) is 0 Å². The molecule has 0 unspecified atom stereocenters. The Balaban J connectivity index is 1.12. The van der Waals surface area contributed by atoms with Gasteiger partial charge in [-0.1, -0.05) is 6.07 Å². The van der Waals surface area contributed by atoms with Gasteiger partial charge in [0.1, 0.15) is 18.5 Å². The second-order valence-electron chi connectivity index (χ2n) is 7.74. The van der Waals surface area contributed by atoms with E-state index in [0.29, 0.717) is 31.9 Å². The molecule has 9 nitrogen and oxygen atoms in total. The van der Waals surface area contributed by atoms with Crippen LogP contribution >= 0.6 is 0 Å². The van der Waals surface area contributed by atoms with Crippen molar-refractivity contribution < 1.29 is 14.2 Å². The molecule has 0 spiro atoms. The van der Waals surface area contributed by atoms with Crippen LogP contribution in [0.4, 0.5) is 10.1 Å². The number of unbranched alkanes of at least 4 members (excludes halogenated alkanes) is 1. The van der Waals surface area contributed by atoms with Gasteiger partial charge >= 0.3 is 0 Å². The van der Waals surface area contributed by atoms with E-state index in [9.17, 15) is 4.39 Å². The molecule has 174 valence electrons. The maximum Gasteiger partial charge on any atom is 0.123 e. The van der Waals surface area contributed by atoms with Crippen LogP contribution in [0.2, 0.25) is 0 Å². The molecule has 0 aliphatic rings. The van der Waals surface area contributed by atoms with Crippen LogP contribution in [0.25, 0.3) is 16.6 Å². The molecule has 4 rings (SSSR count). The van der Waals surface area contributed by atoms with Crippen molar-refractivity contribution in [3.05, 3.63) is 66.1 Å². The Morgan fingerprint density at radius 1 is 1.00 bits per heavy atom. The molecule has 10 heteroatoms. The third-order valence-electron chi connectivity index (χ3n) is 5.24. The van der Waals surface area contributed by atoms with E-state index in [1.54, 1.807) is 18.9 Å². The molecule has 2 heterocycles. The highest BCUT2D eigenvalue weighted by Crippen LogP contribution is 2.25. The molecule has 0 aliphatic carbocycles. The summed E-state index contributed by atoms with van der Waals surface area (Å²) in [5.74, 6) is -0.320. The van der Waals surface area contributed by atoms with Gasteiger partial charge in [0.25, 0.3) is 0 Å². The summed E-state index contributed by atoms with van der Waals surface area (Å²) in [5.41, 5.74) is 4.27.